The number of nitrogens with zero attached hydrogens (tertiary/aromatic N) is 1. The van der Waals surface area contributed by atoms with Crippen molar-refractivity contribution < 1.29 is 9.90 Å². The van der Waals surface area contributed by atoms with E-state index in [-0.39, 0.29) is 0 Å². The number of likely N-dealkylation sites (tertiary alicyclic amines) is 1. The summed E-state index contributed by atoms with van der Waals surface area (Å²) in [4.78, 5) is 13.3. The number of aliphatic carboxylic acids is 1. The molecule has 0 aromatic rings. The van der Waals surface area contributed by atoms with Crippen LogP contribution < -0.4 is 5.73 Å². The third-order valence-electron chi connectivity index (χ3n) is 4.26. The molecule has 1 heterocycles. The van der Waals surface area contributed by atoms with Crippen molar-refractivity contribution >= 4 is 5.97 Å². The Hall–Kier alpha value is -0.610. The van der Waals surface area contributed by atoms with Crippen LogP contribution in [0.4, 0.5) is 0 Å². The summed E-state index contributed by atoms with van der Waals surface area (Å²) >= 11 is 0. The number of hydrogen-bond acceptors (Lipinski definition) is 3. The highest BCUT2D eigenvalue weighted by Gasteiger charge is 2.43. The second kappa shape index (κ2) is 4.34. The Bertz CT molecular complexity index is 274. The van der Waals surface area contributed by atoms with E-state index in [1.165, 1.54) is 25.7 Å². The van der Waals surface area contributed by atoms with Gasteiger partial charge < -0.3 is 10.8 Å². The van der Waals surface area contributed by atoms with E-state index in [1.807, 2.05) is 0 Å². The fraction of sp³-hybridized carbons (Fsp3) is 0.917. The van der Waals surface area contributed by atoms with Crippen LogP contribution in [0.1, 0.15) is 39.0 Å². The average molecular weight is 226 g/mol. The summed E-state index contributed by atoms with van der Waals surface area (Å²) in [6.07, 6.45) is 5.54. The molecule has 0 aromatic carbocycles. The van der Waals surface area contributed by atoms with Crippen molar-refractivity contribution in [3.05, 3.63) is 0 Å². The number of hydrogen-bond donors (Lipinski definition) is 2. The van der Waals surface area contributed by atoms with Crippen molar-refractivity contribution in [2.45, 2.75) is 50.6 Å². The first kappa shape index (κ1) is 11.9. The van der Waals surface area contributed by atoms with Gasteiger partial charge in [-0.2, -0.15) is 0 Å². The van der Waals surface area contributed by atoms with E-state index in [0.29, 0.717) is 19.0 Å². The maximum atomic E-state index is 11.1. The highest BCUT2D eigenvalue weighted by Crippen LogP contribution is 2.31. The van der Waals surface area contributed by atoms with Crippen molar-refractivity contribution in [3.63, 3.8) is 0 Å². The van der Waals surface area contributed by atoms with E-state index >= 15 is 0 Å². The first-order valence-corrected chi connectivity index (χ1v) is 6.27. The van der Waals surface area contributed by atoms with Crippen LogP contribution >= 0.6 is 0 Å². The minimum absolute atomic E-state index is 0.529. The predicted octanol–water partition coefficient (Wildman–Crippen LogP) is 1.05. The molecule has 92 valence electrons. The van der Waals surface area contributed by atoms with E-state index < -0.39 is 11.5 Å². The zero-order valence-electron chi connectivity index (χ0n) is 9.98. The van der Waals surface area contributed by atoms with Crippen LogP contribution in [-0.2, 0) is 4.79 Å². The van der Waals surface area contributed by atoms with E-state index in [2.05, 4.69) is 11.8 Å². The average Bonchev–Trinajstić information content (AvgIpc) is 2.63. The highest BCUT2D eigenvalue weighted by molar-refractivity contribution is 5.79. The largest absolute Gasteiger partial charge is 0.480 e. The highest BCUT2D eigenvalue weighted by atomic mass is 16.4. The lowest BCUT2D eigenvalue weighted by Crippen LogP contribution is -2.51. The third-order valence-corrected chi connectivity index (χ3v) is 4.26. The summed E-state index contributed by atoms with van der Waals surface area (Å²) in [6, 6.07) is 0.570. The second-order valence-electron chi connectivity index (χ2n) is 5.60. The Morgan fingerprint density at radius 3 is 2.50 bits per heavy atom. The zero-order chi connectivity index (χ0) is 11.8. The van der Waals surface area contributed by atoms with E-state index in [0.717, 1.165) is 12.5 Å². The van der Waals surface area contributed by atoms with Crippen LogP contribution in [0.3, 0.4) is 0 Å². The molecular formula is C12H22N2O2. The molecule has 16 heavy (non-hydrogen) atoms. The van der Waals surface area contributed by atoms with Gasteiger partial charge in [-0.1, -0.05) is 6.92 Å². The van der Waals surface area contributed by atoms with Crippen molar-refractivity contribution in [1.82, 2.24) is 4.90 Å². The number of nitrogens with two attached hydrogens (primary N) is 1. The molecule has 2 rings (SSSR count). The van der Waals surface area contributed by atoms with Crippen molar-refractivity contribution in [1.29, 1.82) is 0 Å². The lowest BCUT2D eigenvalue weighted by atomic mass is 9.86. The molecule has 0 spiro atoms. The molecule has 1 saturated heterocycles. The van der Waals surface area contributed by atoms with Crippen LogP contribution in [-0.4, -0.2) is 40.6 Å². The molecule has 0 amide bonds. The first-order valence-electron chi connectivity index (χ1n) is 6.27. The summed E-state index contributed by atoms with van der Waals surface area (Å²) in [5, 5.41) is 9.08. The summed E-state index contributed by atoms with van der Waals surface area (Å²) in [5.41, 5.74) is 4.89. The molecule has 0 aromatic heterocycles. The molecule has 1 unspecified atom stereocenters. The van der Waals surface area contributed by atoms with Crippen LogP contribution in [0.2, 0.25) is 0 Å². The van der Waals surface area contributed by atoms with Crippen molar-refractivity contribution in [2.75, 3.05) is 13.1 Å². The topological polar surface area (TPSA) is 66.6 Å². The van der Waals surface area contributed by atoms with Gasteiger partial charge in [0.05, 0.1) is 0 Å². The molecule has 2 aliphatic rings. The molecule has 4 heteroatoms. The Kier molecular flexibility index (Phi) is 3.22. The van der Waals surface area contributed by atoms with Crippen LogP contribution in [0.15, 0.2) is 0 Å². The van der Waals surface area contributed by atoms with Gasteiger partial charge in [0.2, 0.25) is 0 Å². The standard InChI is InChI=1S/C12H22N2O2/c1-9-2-4-10(5-3-9)14-7-6-12(13,8-14)11(15)16/h9-10H,2-8,13H2,1H3,(H,15,16). The zero-order valence-corrected chi connectivity index (χ0v) is 9.98. The first-order chi connectivity index (χ1) is 7.51. The van der Waals surface area contributed by atoms with Crippen LogP contribution in [0, 0.1) is 5.92 Å². The predicted molar refractivity (Wildman–Crippen MR) is 62.2 cm³/mol. The molecular weight excluding hydrogens is 204 g/mol. The van der Waals surface area contributed by atoms with Gasteiger partial charge in [0.1, 0.15) is 5.54 Å². The molecule has 1 aliphatic heterocycles. The molecule has 0 bridgehead atoms. The number of carbonyl (C=O) groups is 1. The molecule has 4 nitrogen and oxygen atoms in total. The molecule has 3 N–H and O–H groups in total. The smallest absolute Gasteiger partial charge is 0.325 e. The SMILES string of the molecule is CC1CCC(N2CCC(N)(C(=O)O)C2)CC1. The normalized spacial score (nSPS) is 41.1. The Morgan fingerprint density at radius 1 is 1.38 bits per heavy atom. The Morgan fingerprint density at radius 2 is 2.00 bits per heavy atom. The number of rotatable bonds is 2. The van der Waals surface area contributed by atoms with Crippen molar-refractivity contribution in [3.8, 4) is 0 Å². The monoisotopic (exact) mass is 226 g/mol. The minimum atomic E-state index is -0.997. The Labute approximate surface area is 96.8 Å². The minimum Gasteiger partial charge on any atom is -0.480 e. The quantitative estimate of drug-likeness (QED) is 0.738. The van der Waals surface area contributed by atoms with Gasteiger partial charge in [0.15, 0.2) is 0 Å². The second-order valence-corrected chi connectivity index (χ2v) is 5.60. The van der Waals surface area contributed by atoms with Gasteiger partial charge in [-0.15, -0.1) is 0 Å². The van der Waals surface area contributed by atoms with Gasteiger partial charge in [0, 0.05) is 19.1 Å². The van der Waals surface area contributed by atoms with Gasteiger partial charge in [-0.05, 0) is 38.0 Å². The fourth-order valence-corrected chi connectivity index (χ4v) is 2.96. The molecule has 1 saturated carbocycles. The third kappa shape index (κ3) is 2.23. The van der Waals surface area contributed by atoms with Gasteiger partial charge in [-0.25, -0.2) is 0 Å². The summed E-state index contributed by atoms with van der Waals surface area (Å²) in [7, 11) is 0. The molecule has 1 aliphatic carbocycles. The van der Waals surface area contributed by atoms with E-state index in [4.69, 9.17) is 10.8 Å². The molecule has 1 atom stereocenters. The Balaban J connectivity index is 1.91. The van der Waals surface area contributed by atoms with E-state index in [1.54, 1.807) is 0 Å². The summed E-state index contributed by atoms with van der Waals surface area (Å²) in [6.45, 7) is 3.67. The van der Waals surface area contributed by atoms with Crippen LogP contribution in [0.25, 0.3) is 0 Å². The molecule has 2 fully saturated rings. The van der Waals surface area contributed by atoms with Crippen molar-refractivity contribution in [2.24, 2.45) is 11.7 Å². The van der Waals surface area contributed by atoms with E-state index in [9.17, 15) is 4.79 Å². The summed E-state index contributed by atoms with van der Waals surface area (Å²) in [5.74, 6) is -0.0138. The molecule has 0 radical (unpaired) electrons. The van der Waals surface area contributed by atoms with Gasteiger partial charge in [-0.3, -0.25) is 9.69 Å². The van der Waals surface area contributed by atoms with Gasteiger partial charge in [0.25, 0.3) is 0 Å². The maximum absolute atomic E-state index is 11.1. The summed E-state index contributed by atoms with van der Waals surface area (Å²) < 4.78 is 0. The fourth-order valence-electron chi connectivity index (χ4n) is 2.96. The number of carboxylic acid groups (broad SMARTS) is 1. The van der Waals surface area contributed by atoms with Gasteiger partial charge >= 0.3 is 5.97 Å². The number of carboxylic acids is 1. The van der Waals surface area contributed by atoms with Crippen LogP contribution in [0.5, 0.6) is 0 Å². The lowest BCUT2D eigenvalue weighted by Gasteiger charge is -2.34. The lowest BCUT2D eigenvalue weighted by molar-refractivity contribution is -0.142. The maximum Gasteiger partial charge on any atom is 0.325 e.